The third-order valence-corrected chi connectivity index (χ3v) is 3.29. The summed E-state index contributed by atoms with van der Waals surface area (Å²) >= 11 is 0.120. The molecule has 2 N–H and O–H groups in total. The van der Waals surface area contributed by atoms with Crippen molar-refractivity contribution in [2.75, 3.05) is 0 Å². The molecule has 0 fully saturated rings. The normalized spacial score (nSPS) is 13.5. The van der Waals surface area contributed by atoms with Crippen molar-refractivity contribution < 1.29 is 17.8 Å². The van der Waals surface area contributed by atoms with Crippen LogP contribution in [0.25, 0.3) is 0 Å². The first-order valence-electron chi connectivity index (χ1n) is 3.71. The van der Waals surface area contributed by atoms with E-state index in [1.807, 2.05) is 0 Å². The van der Waals surface area contributed by atoms with E-state index in [9.17, 15) is 13.2 Å². The molecule has 0 heterocycles. The number of hydrogen-bond acceptors (Lipinski definition) is 3. The van der Waals surface area contributed by atoms with Gasteiger partial charge in [0, 0.05) is 0 Å². The Morgan fingerprint density at radius 1 is 1.69 bits per heavy atom. The number of carbonyl (C=O) groups is 1. The first-order chi connectivity index (χ1) is 5.79. The quantitative estimate of drug-likeness (QED) is 0.385. The van der Waals surface area contributed by atoms with Crippen LogP contribution in [0.1, 0.15) is 13.3 Å². The Kier molecular flexibility index (Phi) is 5.92. The van der Waals surface area contributed by atoms with Crippen LogP contribution in [0.15, 0.2) is 6.25 Å². The van der Waals surface area contributed by atoms with E-state index in [1.54, 1.807) is 6.92 Å². The van der Waals surface area contributed by atoms with Gasteiger partial charge < -0.3 is 0 Å². The van der Waals surface area contributed by atoms with Gasteiger partial charge in [0.2, 0.25) is 0 Å². The summed E-state index contributed by atoms with van der Waals surface area (Å²) in [5, 5.41) is 0.953. The first kappa shape index (κ1) is 13.8. The zero-order valence-corrected chi connectivity index (χ0v) is 11.5. The zero-order chi connectivity index (χ0) is 10.6. The monoisotopic (exact) mass is 231 g/mol. The fourth-order valence-electron chi connectivity index (χ4n) is 0.657. The van der Waals surface area contributed by atoms with Crippen LogP contribution < -0.4 is 5.32 Å². The predicted octanol–water partition coefficient (Wildman–Crippen LogP) is -0.591. The van der Waals surface area contributed by atoms with Crippen molar-refractivity contribution in [3.05, 3.63) is 6.25 Å². The minimum absolute atomic E-state index is 0.120. The molecule has 0 aromatic rings. The molecular formula is C6H10KNO4S. The van der Waals surface area contributed by atoms with Gasteiger partial charge in [-0.2, -0.15) is 0 Å². The van der Waals surface area contributed by atoms with Crippen molar-refractivity contribution in [1.82, 2.24) is 5.32 Å². The van der Waals surface area contributed by atoms with E-state index in [1.165, 1.54) is 0 Å². The molecule has 0 saturated heterocycles. The molecule has 0 radical (unpaired) electrons. The third-order valence-electron chi connectivity index (χ3n) is 1.41. The molecule has 1 atom stereocenters. The van der Waals surface area contributed by atoms with E-state index in [0.29, 0.717) is -0.332 Å². The third kappa shape index (κ3) is 5.26. The first-order valence-corrected chi connectivity index (χ1v) is 6.78. The van der Waals surface area contributed by atoms with Crippen molar-refractivity contribution in [1.29, 1.82) is 0 Å². The fraction of sp³-hybridized carbons (Fsp3) is 0.500. The number of rotatable bonds is 4. The Morgan fingerprint density at radius 2 is 2.15 bits per heavy atom. The summed E-state index contributed by atoms with van der Waals surface area (Å²) in [6.07, 6.45) is 0.130. The number of hydrogen-bond donors (Lipinski definition) is 2. The molecule has 1 unspecified atom stereocenters. The van der Waals surface area contributed by atoms with Gasteiger partial charge in [-0.15, -0.1) is 0 Å². The summed E-state index contributed by atoms with van der Waals surface area (Å²) in [6.45, 7) is 4.97. The Morgan fingerprint density at radius 3 is 2.38 bits per heavy atom. The molecular weight excluding hydrogens is 221 g/mol. The maximum absolute atomic E-state index is 11.0. The van der Waals surface area contributed by atoms with Crippen molar-refractivity contribution in [3.8, 4) is 0 Å². The van der Waals surface area contributed by atoms with Gasteiger partial charge in [0.1, 0.15) is 0 Å². The van der Waals surface area contributed by atoms with E-state index in [0.717, 1.165) is 0 Å². The van der Waals surface area contributed by atoms with E-state index in [-0.39, 0.29) is 55.4 Å². The zero-order valence-electron chi connectivity index (χ0n) is 7.57. The molecule has 0 aliphatic carbocycles. The Balaban J connectivity index is 4.49. The van der Waals surface area contributed by atoms with Crippen LogP contribution in [0.4, 0.5) is 0 Å². The molecule has 13 heavy (non-hydrogen) atoms. The van der Waals surface area contributed by atoms with E-state index in [2.05, 4.69) is 11.9 Å². The van der Waals surface area contributed by atoms with Crippen LogP contribution in [0, 0.1) is 0 Å². The molecule has 0 rings (SSSR count). The summed E-state index contributed by atoms with van der Waals surface area (Å²) in [6, 6.07) is 0. The number of carbonyl (C=O) groups excluding carboxylic acids is 1. The molecule has 0 aliphatic rings. The van der Waals surface area contributed by atoms with Crippen LogP contribution >= 0.6 is 0 Å². The van der Waals surface area contributed by atoms with Gasteiger partial charge in [-0.05, 0) is 0 Å². The second-order valence-electron chi connectivity index (χ2n) is 2.67. The minimum atomic E-state index is -4.20. The maximum atomic E-state index is 11.0. The molecule has 0 spiro atoms. The standard InChI is InChI=1S/C6H10NO4S.K/c1-3-5(8)7-6(4-2)12(9,10)11;/h6H,1,4H2,2H3,(H,7,8)(H,9,10,11);. The van der Waals surface area contributed by atoms with Crippen molar-refractivity contribution >= 4 is 65.0 Å². The second-order valence-corrected chi connectivity index (χ2v) is 6.15. The van der Waals surface area contributed by atoms with Gasteiger partial charge in [0.05, 0.1) is 0 Å². The second kappa shape index (κ2) is 5.59. The molecule has 7 heteroatoms. The number of nitrogens with one attached hydrogen (secondary N) is 1. The topological polar surface area (TPSA) is 83.5 Å². The van der Waals surface area contributed by atoms with Crippen LogP contribution in [0.5, 0.6) is 0 Å². The summed E-state index contributed by atoms with van der Waals surface area (Å²) in [5.74, 6) is -0.496. The summed E-state index contributed by atoms with van der Waals surface area (Å²) in [4.78, 5) is 11.0. The summed E-state index contributed by atoms with van der Waals surface area (Å²) in [7, 11) is -4.20. The van der Waals surface area contributed by atoms with E-state index in [4.69, 9.17) is 4.55 Å². The molecule has 0 aromatic heterocycles. The van der Waals surface area contributed by atoms with Crippen LogP contribution in [-0.2, 0) is 14.9 Å². The Labute approximate surface area is 111 Å². The molecule has 0 saturated carbocycles. The van der Waals surface area contributed by atoms with Crippen molar-refractivity contribution in [2.45, 2.75) is 18.7 Å². The van der Waals surface area contributed by atoms with E-state index < -0.39 is 21.4 Å². The van der Waals surface area contributed by atoms with Gasteiger partial charge in [0.15, 0.2) is 0 Å². The van der Waals surface area contributed by atoms with Crippen LogP contribution in [0.2, 0.25) is 0 Å². The van der Waals surface area contributed by atoms with Gasteiger partial charge in [-0.25, -0.2) is 0 Å². The van der Waals surface area contributed by atoms with Crippen LogP contribution in [-0.4, -0.2) is 73.2 Å². The fourth-order valence-corrected chi connectivity index (χ4v) is 1.56. The Bertz CT molecular complexity index is 311. The van der Waals surface area contributed by atoms with E-state index >= 15 is 0 Å². The average Bonchev–Trinajstić information content (AvgIpc) is 1.96. The molecule has 1 amide bonds. The summed E-state index contributed by atoms with van der Waals surface area (Å²) in [5.41, 5.74) is 0. The summed E-state index contributed by atoms with van der Waals surface area (Å²) < 4.78 is 30.3. The number of amides is 1. The van der Waals surface area contributed by atoms with Crippen molar-refractivity contribution in [3.63, 3.8) is 0 Å². The Hall–Kier alpha value is 0.756. The van der Waals surface area contributed by atoms with Gasteiger partial charge in [0.25, 0.3) is 0 Å². The SMILES string of the molecule is C=[C]([K])C(=O)NC(CC)S(=O)(=O)O. The molecule has 0 aliphatic heterocycles. The van der Waals surface area contributed by atoms with Crippen LogP contribution in [0.3, 0.4) is 0 Å². The molecule has 70 valence electrons. The molecule has 0 aromatic carbocycles. The van der Waals surface area contributed by atoms with Crippen molar-refractivity contribution in [2.24, 2.45) is 0 Å². The van der Waals surface area contributed by atoms with Gasteiger partial charge in [-0.3, -0.25) is 0 Å². The molecule has 5 nitrogen and oxygen atoms in total. The van der Waals surface area contributed by atoms with Gasteiger partial charge in [-0.1, -0.05) is 0 Å². The molecule has 0 bridgehead atoms. The predicted molar refractivity (Wildman–Crippen MR) is 48.7 cm³/mol. The average molecular weight is 231 g/mol. The van der Waals surface area contributed by atoms with Gasteiger partial charge >= 0.3 is 113 Å².